The van der Waals surface area contributed by atoms with Gasteiger partial charge in [0.25, 0.3) is 5.78 Å². The number of Topliss-reactive ketones (excluding diaryl/α,β-unsaturated/α-hetero) is 1. The average Bonchev–Trinajstić information content (AvgIpc) is 3.23. The van der Waals surface area contributed by atoms with E-state index in [1.54, 1.807) is 13.0 Å². The normalized spacial score (nSPS) is 17.8. The van der Waals surface area contributed by atoms with E-state index in [2.05, 4.69) is 4.98 Å². The van der Waals surface area contributed by atoms with E-state index < -0.39 is 29.3 Å². The zero-order chi connectivity index (χ0) is 23.2. The van der Waals surface area contributed by atoms with Gasteiger partial charge in [0.05, 0.1) is 29.4 Å². The van der Waals surface area contributed by atoms with E-state index in [1.165, 1.54) is 59.7 Å². The van der Waals surface area contributed by atoms with Gasteiger partial charge < -0.3 is 9.84 Å². The molecule has 1 amide bonds. The van der Waals surface area contributed by atoms with E-state index in [-0.39, 0.29) is 16.2 Å². The molecule has 2 aromatic carbocycles. The van der Waals surface area contributed by atoms with Crippen LogP contribution in [0, 0.1) is 19.7 Å². The van der Waals surface area contributed by atoms with Gasteiger partial charge in [-0.15, -0.1) is 11.3 Å². The molecule has 0 bridgehead atoms. The average molecular weight is 473 g/mol. The lowest BCUT2D eigenvalue weighted by atomic mass is 9.95. The quantitative estimate of drug-likeness (QED) is 0.321. The highest BCUT2D eigenvalue weighted by atomic mass is 35.5. The standard InChI is InChI=1S/C23H18ClFN2O4S/c1-11-12(2)32-23(26-11)27-19(13-4-7-15(25)8-5-13)18(21(29)22(27)30)20(28)14-6-9-17(31-3)16(24)10-14/h4-10,19,28H,1-3H3/b20-18+. The molecule has 0 aliphatic carbocycles. The van der Waals surface area contributed by atoms with Gasteiger partial charge in [0, 0.05) is 10.4 Å². The molecular weight excluding hydrogens is 455 g/mol. The first-order valence-corrected chi connectivity index (χ1v) is 10.8. The second kappa shape index (κ2) is 8.37. The van der Waals surface area contributed by atoms with Crippen LogP contribution in [0.4, 0.5) is 9.52 Å². The number of aryl methyl sites for hydroxylation is 2. The highest BCUT2D eigenvalue weighted by Crippen LogP contribution is 2.44. The molecule has 0 saturated carbocycles. The molecule has 9 heteroatoms. The number of hydrogen-bond donors (Lipinski definition) is 1. The first kappa shape index (κ1) is 22.0. The van der Waals surface area contributed by atoms with Gasteiger partial charge >= 0.3 is 5.91 Å². The number of hydrogen-bond acceptors (Lipinski definition) is 6. The lowest BCUT2D eigenvalue weighted by Crippen LogP contribution is -2.29. The van der Waals surface area contributed by atoms with Gasteiger partial charge in [-0.05, 0) is 49.7 Å². The van der Waals surface area contributed by atoms with Crippen LogP contribution in [0.5, 0.6) is 5.75 Å². The van der Waals surface area contributed by atoms with E-state index in [4.69, 9.17) is 16.3 Å². The lowest BCUT2D eigenvalue weighted by Gasteiger charge is -2.23. The number of ketones is 1. The van der Waals surface area contributed by atoms with Crippen LogP contribution in [0.1, 0.15) is 27.7 Å². The van der Waals surface area contributed by atoms with Gasteiger partial charge in [-0.25, -0.2) is 9.37 Å². The second-order valence-corrected chi connectivity index (χ2v) is 8.80. The van der Waals surface area contributed by atoms with Gasteiger partial charge in [-0.2, -0.15) is 0 Å². The Hall–Kier alpha value is -3.23. The number of aliphatic hydroxyl groups excluding tert-OH is 1. The Kier molecular flexibility index (Phi) is 5.75. The third kappa shape index (κ3) is 3.65. The van der Waals surface area contributed by atoms with Crippen molar-refractivity contribution in [2.75, 3.05) is 12.0 Å². The third-order valence-electron chi connectivity index (χ3n) is 5.28. The molecule has 1 saturated heterocycles. The summed E-state index contributed by atoms with van der Waals surface area (Å²) in [5.74, 6) is -2.15. The molecule has 1 aliphatic heterocycles. The Morgan fingerprint density at radius 1 is 1.19 bits per heavy atom. The summed E-state index contributed by atoms with van der Waals surface area (Å²) in [4.78, 5) is 32.7. The molecule has 1 unspecified atom stereocenters. The predicted octanol–water partition coefficient (Wildman–Crippen LogP) is 5.19. The van der Waals surface area contributed by atoms with Crippen LogP contribution < -0.4 is 9.64 Å². The Morgan fingerprint density at radius 2 is 1.88 bits per heavy atom. The maximum atomic E-state index is 13.6. The van der Waals surface area contributed by atoms with E-state index in [0.29, 0.717) is 16.4 Å². The zero-order valence-corrected chi connectivity index (χ0v) is 18.9. The molecule has 2 heterocycles. The topological polar surface area (TPSA) is 79.7 Å². The van der Waals surface area contributed by atoms with Crippen molar-refractivity contribution >= 4 is 45.5 Å². The van der Waals surface area contributed by atoms with Crippen LogP contribution in [0.3, 0.4) is 0 Å². The Labute approximate surface area is 192 Å². The minimum absolute atomic E-state index is 0.131. The number of carbonyl (C=O) groups is 2. The van der Waals surface area contributed by atoms with Gasteiger partial charge in [-0.3, -0.25) is 14.5 Å². The molecule has 6 nitrogen and oxygen atoms in total. The van der Waals surface area contributed by atoms with Crippen LogP contribution in [-0.2, 0) is 9.59 Å². The summed E-state index contributed by atoms with van der Waals surface area (Å²) in [6.45, 7) is 3.66. The number of amides is 1. The number of anilines is 1. The third-order valence-corrected chi connectivity index (χ3v) is 6.65. The van der Waals surface area contributed by atoms with Crippen molar-refractivity contribution in [3.63, 3.8) is 0 Å². The van der Waals surface area contributed by atoms with Gasteiger partial charge in [-0.1, -0.05) is 23.7 Å². The maximum Gasteiger partial charge on any atom is 0.301 e. The Balaban J connectivity index is 1.94. The minimum Gasteiger partial charge on any atom is -0.507 e. The van der Waals surface area contributed by atoms with Gasteiger partial charge in [0.15, 0.2) is 5.13 Å². The first-order chi connectivity index (χ1) is 15.2. The van der Waals surface area contributed by atoms with Crippen molar-refractivity contribution in [3.05, 3.63) is 80.6 Å². The van der Waals surface area contributed by atoms with Crippen molar-refractivity contribution in [2.24, 2.45) is 0 Å². The molecule has 164 valence electrons. The fraction of sp³-hybridized carbons (Fsp3) is 0.174. The monoisotopic (exact) mass is 472 g/mol. The molecular formula is C23H18ClFN2O4S. The van der Waals surface area contributed by atoms with Crippen molar-refractivity contribution in [1.82, 2.24) is 4.98 Å². The van der Waals surface area contributed by atoms with Crippen molar-refractivity contribution in [3.8, 4) is 5.75 Å². The summed E-state index contributed by atoms with van der Waals surface area (Å²) < 4.78 is 18.7. The summed E-state index contributed by atoms with van der Waals surface area (Å²) in [5.41, 5.74) is 1.30. The summed E-state index contributed by atoms with van der Waals surface area (Å²) in [6.07, 6.45) is 0. The molecule has 1 fully saturated rings. The number of methoxy groups -OCH3 is 1. The Bertz CT molecular complexity index is 1250. The molecule has 0 spiro atoms. The zero-order valence-electron chi connectivity index (χ0n) is 17.3. The van der Waals surface area contributed by atoms with E-state index in [9.17, 15) is 19.1 Å². The lowest BCUT2D eigenvalue weighted by molar-refractivity contribution is -0.132. The first-order valence-electron chi connectivity index (χ1n) is 9.57. The number of aromatic nitrogens is 1. The van der Waals surface area contributed by atoms with Gasteiger partial charge in [0.2, 0.25) is 0 Å². The molecule has 1 aliphatic rings. The van der Waals surface area contributed by atoms with Crippen LogP contribution in [0.15, 0.2) is 48.0 Å². The minimum atomic E-state index is -0.985. The Morgan fingerprint density at radius 3 is 2.44 bits per heavy atom. The number of aliphatic hydroxyl groups is 1. The summed E-state index contributed by atoms with van der Waals surface area (Å²) >= 11 is 7.45. The molecule has 0 radical (unpaired) electrons. The van der Waals surface area contributed by atoms with Crippen LogP contribution >= 0.6 is 22.9 Å². The SMILES string of the molecule is COc1ccc(/C(O)=C2\C(=O)C(=O)N(c3nc(C)c(C)s3)C2c2ccc(F)cc2)cc1Cl. The smallest absolute Gasteiger partial charge is 0.301 e. The fourth-order valence-electron chi connectivity index (χ4n) is 3.52. The summed E-state index contributed by atoms with van der Waals surface area (Å²) in [6, 6.07) is 8.96. The summed E-state index contributed by atoms with van der Waals surface area (Å²) in [7, 11) is 1.46. The second-order valence-electron chi connectivity index (χ2n) is 7.21. The number of nitrogens with zero attached hydrogens (tertiary/aromatic N) is 2. The number of halogens is 2. The van der Waals surface area contributed by atoms with Gasteiger partial charge in [0.1, 0.15) is 17.3 Å². The molecule has 1 aromatic heterocycles. The van der Waals surface area contributed by atoms with Crippen LogP contribution in [-0.4, -0.2) is 28.9 Å². The van der Waals surface area contributed by atoms with Crippen LogP contribution in [0.25, 0.3) is 5.76 Å². The van der Waals surface area contributed by atoms with Crippen molar-refractivity contribution in [2.45, 2.75) is 19.9 Å². The number of ether oxygens (including phenoxy) is 1. The highest BCUT2D eigenvalue weighted by Gasteiger charge is 2.48. The number of rotatable bonds is 4. The molecule has 4 rings (SSSR count). The molecule has 1 N–H and O–H groups in total. The predicted molar refractivity (Wildman–Crippen MR) is 121 cm³/mol. The summed E-state index contributed by atoms with van der Waals surface area (Å²) in [5, 5.41) is 11.7. The van der Waals surface area contributed by atoms with E-state index >= 15 is 0 Å². The number of thiazole rings is 1. The molecule has 1 atom stereocenters. The number of benzene rings is 2. The van der Waals surface area contributed by atoms with E-state index in [0.717, 1.165) is 10.6 Å². The largest absolute Gasteiger partial charge is 0.507 e. The maximum absolute atomic E-state index is 13.6. The number of carbonyl (C=O) groups excluding carboxylic acids is 2. The highest BCUT2D eigenvalue weighted by molar-refractivity contribution is 7.16. The molecule has 32 heavy (non-hydrogen) atoms. The fourth-order valence-corrected chi connectivity index (χ4v) is 4.71. The van der Waals surface area contributed by atoms with Crippen LogP contribution in [0.2, 0.25) is 5.02 Å². The van der Waals surface area contributed by atoms with Crippen molar-refractivity contribution in [1.29, 1.82) is 0 Å². The van der Waals surface area contributed by atoms with E-state index in [1.807, 2.05) is 6.92 Å². The van der Waals surface area contributed by atoms with Crippen molar-refractivity contribution < 1.29 is 23.8 Å². The molecule has 3 aromatic rings.